The molecule has 2 aromatic rings. The number of fused-ring (bicyclic) bond motifs is 2. The van der Waals surface area contributed by atoms with Crippen molar-refractivity contribution in [2.24, 2.45) is 0 Å². The summed E-state index contributed by atoms with van der Waals surface area (Å²) in [7, 11) is 0. The van der Waals surface area contributed by atoms with Crippen LogP contribution in [0.15, 0.2) is 42.5 Å². The molecule has 2 aromatic carbocycles. The van der Waals surface area contributed by atoms with Gasteiger partial charge in [-0.1, -0.05) is 23.7 Å². The molecule has 0 saturated carbocycles. The second-order valence-electron chi connectivity index (χ2n) is 6.44. The zero-order valence-corrected chi connectivity index (χ0v) is 15.0. The largest absolute Gasteiger partial charge is 0.311 e. The first-order chi connectivity index (χ1) is 13.0. The number of imide groups is 1. The highest BCUT2D eigenvalue weighted by Crippen LogP contribution is 2.30. The Morgan fingerprint density at radius 3 is 2.30 bits per heavy atom. The molecule has 0 aliphatic carbocycles. The number of rotatable bonds is 3. The number of carbonyl (C=O) groups is 4. The van der Waals surface area contributed by atoms with Crippen molar-refractivity contribution in [1.82, 2.24) is 4.90 Å². The first-order valence-electron chi connectivity index (χ1n) is 8.55. The minimum Gasteiger partial charge on any atom is -0.311 e. The molecule has 0 unspecified atom stereocenters. The lowest BCUT2D eigenvalue weighted by Gasteiger charge is -2.29. The van der Waals surface area contributed by atoms with Crippen molar-refractivity contribution < 1.29 is 19.2 Å². The molecule has 3 amide bonds. The van der Waals surface area contributed by atoms with Gasteiger partial charge < -0.3 is 4.90 Å². The number of nitrogens with zero attached hydrogens (tertiary/aromatic N) is 2. The minimum absolute atomic E-state index is 0.00144. The molecule has 4 rings (SSSR count). The minimum atomic E-state index is -0.385. The second kappa shape index (κ2) is 6.63. The average Bonchev–Trinajstić information content (AvgIpc) is 2.91. The molecule has 0 bridgehead atoms. The Labute approximate surface area is 160 Å². The van der Waals surface area contributed by atoms with E-state index in [1.54, 1.807) is 42.5 Å². The summed E-state index contributed by atoms with van der Waals surface area (Å²) in [6.07, 6.45) is 0.202. The molecular formula is C20H15ClN2O4. The van der Waals surface area contributed by atoms with E-state index in [1.165, 1.54) is 4.90 Å². The van der Waals surface area contributed by atoms with Crippen LogP contribution in [0.2, 0.25) is 5.02 Å². The Bertz CT molecular complexity index is 966. The molecule has 2 aliphatic heterocycles. The predicted molar refractivity (Wildman–Crippen MR) is 99.2 cm³/mol. The molecule has 0 N–H and O–H groups in total. The maximum Gasteiger partial charge on any atom is 0.261 e. The maximum absolute atomic E-state index is 12.7. The zero-order valence-electron chi connectivity index (χ0n) is 14.3. The van der Waals surface area contributed by atoms with Crippen LogP contribution in [0.25, 0.3) is 0 Å². The van der Waals surface area contributed by atoms with Crippen LogP contribution in [0.3, 0.4) is 0 Å². The Hall–Kier alpha value is -2.99. The van der Waals surface area contributed by atoms with Crippen LogP contribution in [-0.4, -0.2) is 41.5 Å². The Morgan fingerprint density at radius 1 is 0.963 bits per heavy atom. The van der Waals surface area contributed by atoms with Crippen LogP contribution >= 0.6 is 11.6 Å². The van der Waals surface area contributed by atoms with Crippen molar-refractivity contribution in [2.75, 3.05) is 18.0 Å². The highest BCUT2D eigenvalue weighted by molar-refractivity contribution is 6.31. The topological polar surface area (TPSA) is 74.8 Å². The number of carbonyl (C=O) groups excluding carboxylic acids is 4. The van der Waals surface area contributed by atoms with Gasteiger partial charge >= 0.3 is 0 Å². The van der Waals surface area contributed by atoms with Gasteiger partial charge in [0.15, 0.2) is 5.78 Å². The van der Waals surface area contributed by atoms with E-state index in [0.29, 0.717) is 27.4 Å². The molecule has 0 fully saturated rings. The average molecular weight is 383 g/mol. The standard InChI is InChI=1S/C20H15ClN2O4/c21-12-5-6-16-15(11-12)17(24)7-9-22(16)18(25)8-10-23-19(26)13-3-1-2-4-14(13)20(23)27/h1-6,11H,7-10H2. The molecule has 27 heavy (non-hydrogen) atoms. The molecule has 0 spiro atoms. The SMILES string of the molecule is O=C1CCN(C(=O)CCN2C(=O)c3ccccc3C2=O)c2ccc(Cl)cc21. The van der Waals surface area contributed by atoms with Gasteiger partial charge in [-0.3, -0.25) is 24.1 Å². The van der Waals surface area contributed by atoms with Crippen LogP contribution in [0.4, 0.5) is 5.69 Å². The fourth-order valence-corrected chi connectivity index (χ4v) is 3.65. The first kappa shape index (κ1) is 17.4. The number of hydrogen-bond acceptors (Lipinski definition) is 4. The van der Waals surface area contributed by atoms with Crippen LogP contribution in [0.5, 0.6) is 0 Å². The zero-order chi connectivity index (χ0) is 19.1. The van der Waals surface area contributed by atoms with E-state index in [-0.39, 0.29) is 49.4 Å². The van der Waals surface area contributed by atoms with Gasteiger partial charge in [0, 0.05) is 36.5 Å². The molecule has 0 saturated heterocycles. The number of amides is 3. The van der Waals surface area contributed by atoms with E-state index >= 15 is 0 Å². The van der Waals surface area contributed by atoms with Gasteiger partial charge in [-0.05, 0) is 30.3 Å². The summed E-state index contributed by atoms with van der Waals surface area (Å²) in [5.74, 6) is -1.08. The molecule has 6 nitrogen and oxygen atoms in total. The monoisotopic (exact) mass is 382 g/mol. The third-order valence-corrected chi connectivity index (χ3v) is 5.08. The lowest BCUT2D eigenvalue weighted by Crippen LogP contribution is -2.40. The van der Waals surface area contributed by atoms with Crippen molar-refractivity contribution in [3.8, 4) is 0 Å². The Morgan fingerprint density at radius 2 is 1.63 bits per heavy atom. The van der Waals surface area contributed by atoms with Crippen molar-refractivity contribution >= 4 is 40.8 Å². The molecule has 0 atom stereocenters. The van der Waals surface area contributed by atoms with Gasteiger partial charge in [0.2, 0.25) is 5.91 Å². The van der Waals surface area contributed by atoms with Crippen LogP contribution in [0.1, 0.15) is 43.9 Å². The van der Waals surface area contributed by atoms with Crippen molar-refractivity contribution in [3.05, 3.63) is 64.2 Å². The number of benzene rings is 2. The van der Waals surface area contributed by atoms with E-state index in [9.17, 15) is 19.2 Å². The van der Waals surface area contributed by atoms with Crippen molar-refractivity contribution in [2.45, 2.75) is 12.8 Å². The van der Waals surface area contributed by atoms with Gasteiger partial charge in [0.05, 0.1) is 16.8 Å². The summed E-state index contributed by atoms with van der Waals surface area (Å²) in [6.45, 7) is 0.271. The molecule has 136 valence electrons. The number of ketones is 1. The number of anilines is 1. The Balaban J connectivity index is 1.50. The lowest BCUT2D eigenvalue weighted by molar-refractivity contribution is -0.118. The summed E-state index contributed by atoms with van der Waals surface area (Å²) in [5.41, 5.74) is 1.66. The van der Waals surface area contributed by atoms with Crippen molar-refractivity contribution in [1.29, 1.82) is 0 Å². The number of Topliss-reactive ketones (excluding diaryl/α,β-unsaturated/α-hetero) is 1. The summed E-state index contributed by atoms with van der Waals surface area (Å²) < 4.78 is 0. The molecular weight excluding hydrogens is 368 g/mol. The summed E-state index contributed by atoms with van der Waals surface area (Å²) in [5, 5.41) is 0.433. The van der Waals surface area contributed by atoms with Gasteiger partial charge in [0.25, 0.3) is 11.8 Å². The van der Waals surface area contributed by atoms with Gasteiger partial charge in [-0.25, -0.2) is 0 Å². The normalized spacial score (nSPS) is 15.8. The highest BCUT2D eigenvalue weighted by Gasteiger charge is 2.36. The van der Waals surface area contributed by atoms with E-state index in [4.69, 9.17) is 11.6 Å². The van der Waals surface area contributed by atoms with Crippen LogP contribution in [-0.2, 0) is 4.79 Å². The van der Waals surface area contributed by atoms with E-state index in [1.807, 2.05) is 0 Å². The maximum atomic E-state index is 12.7. The number of halogens is 1. The summed E-state index contributed by atoms with van der Waals surface area (Å²) in [6, 6.07) is 11.4. The summed E-state index contributed by atoms with van der Waals surface area (Å²) in [4.78, 5) is 52.2. The third kappa shape index (κ3) is 2.92. The van der Waals surface area contributed by atoms with Gasteiger partial charge in [-0.2, -0.15) is 0 Å². The quantitative estimate of drug-likeness (QED) is 0.765. The predicted octanol–water partition coefficient (Wildman–Crippen LogP) is 2.95. The van der Waals surface area contributed by atoms with Gasteiger partial charge in [-0.15, -0.1) is 0 Å². The molecule has 7 heteroatoms. The van der Waals surface area contributed by atoms with E-state index < -0.39 is 0 Å². The fourth-order valence-electron chi connectivity index (χ4n) is 3.48. The smallest absolute Gasteiger partial charge is 0.261 e. The molecule has 0 aromatic heterocycles. The first-order valence-corrected chi connectivity index (χ1v) is 8.93. The number of hydrogen-bond donors (Lipinski definition) is 0. The van der Waals surface area contributed by atoms with Gasteiger partial charge in [0.1, 0.15) is 0 Å². The van der Waals surface area contributed by atoms with Crippen LogP contribution in [0, 0.1) is 0 Å². The van der Waals surface area contributed by atoms with Crippen molar-refractivity contribution in [3.63, 3.8) is 0 Å². The fraction of sp³-hybridized carbons (Fsp3) is 0.200. The summed E-state index contributed by atoms with van der Waals surface area (Å²) >= 11 is 5.96. The molecule has 2 aliphatic rings. The highest BCUT2D eigenvalue weighted by atomic mass is 35.5. The lowest BCUT2D eigenvalue weighted by atomic mass is 10.00. The third-order valence-electron chi connectivity index (χ3n) is 4.84. The second-order valence-corrected chi connectivity index (χ2v) is 6.87. The molecule has 0 radical (unpaired) electrons. The van der Waals surface area contributed by atoms with E-state index in [0.717, 1.165) is 4.90 Å². The van der Waals surface area contributed by atoms with Crippen LogP contribution < -0.4 is 4.90 Å². The van der Waals surface area contributed by atoms with E-state index in [2.05, 4.69) is 0 Å². The molecule has 2 heterocycles. The Kier molecular flexibility index (Phi) is 4.28.